The molecule has 0 radical (unpaired) electrons. The summed E-state index contributed by atoms with van der Waals surface area (Å²) < 4.78 is 64.8. The van der Waals surface area contributed by atoms with E-state index in [-0.39, 0.29) is 30.1 Å². The summed E-state index contributed by atoms with van der Waals surface area (Å²) in [5.74, 6) is -1.23. The largest absolute Gasteiger partial charge is 0.490 e. The SMILES string of the molecule is CCS(=O)(=O)N[C@H]1CCOC[C@@H]1COc1ccc(-c2ccc(F)cn2)cc1F. The van der Waals surface area contributed by atoms with Crippen molar-refractivity contribution < 1.29 is 26.7 Å². The molecule has 0 bridgehead atoms. The van der Waals surface area contributed by atoms with Crippen molar-refractivity contribution in [3.05, 3.63) is 48.2 Å². The summed E-state index contributed by atoms with van der Waals surface area (Å²) in [6.07, 6.45) is 1.60. The molecule has 3 rings (SSSR count). The van der Waals surface area contributed by atoms with E-state index in [1.165, 1.54) is 24.3 Å². The van der Waals surface area contributed by atoms with Crippen molar-refractivity contribution in [2.75, 3.05) is 25.6 Å². The maximum absolute atomic E-state index is 14.4. The predicted octanol–water partition coefficient (Wildman–Crippen LogP) is 2.75. The van der Waals surface area contributed by atoms with Gasteiger partial charge < -0.3 is 9.47 Å². The van der Waals surface area contributed by atoms with E-state index in [0.29, 0.717) is 30.9 Å². The first-order valence-corrected chi connectivity index (χ1v) is 10.6. The molecule has 28 heavy (non-hydrogen) atoms. The zero-order valence-electron chi connectivity index (χ0n) is 15.4. The lowest BCUT2D eigenvalue weighted by atomic mass is 9.98. The molecule has 1 aromatic heterocycles. The number of benzene rings is 1. The summed E-state index contributed by atoms with van der Waals surface area (Å²) in [4.78, 5) is 3.93. The number of nitrogens with one attached hydrogen (secondary N) is 1. The Labute approximate surface area is 162 Å². The molecule has 0 amide bonds. The topological polar surface area (TPSA) is 77.5 Å². The second-order valence-electron chi connectivity index (χ2n) is 6.57. The van der Waals surface area contributed by atoms with Crippen LogP contribution >= 0.6 is 0 Å². The molecule has 0 saturated carbocycles. The Hall–Kier alpha value is -2.10. The summed E-state index contributed by atoms with van der Waals surface area (Å²) in [5.41, 5.74) is 0.945. The first kappa shape index (κ1) is 20.6. The van der Waals surface area contributed by atoms with Crippen molar-refractivity contribution >= 4 is 10.0 Å². The highest BCUT2D eigenvalue weighted by Gasteiger charge is 2.29. The summed E-state index contributed by atoms with van der Waals surface area (Å²) in [7, 11) is -3.35. The zero-order valence-corrected chi connectivity index (χ0v) is 16.2. The fraction of sp³-hybridized carbons (Fsp3) is 0.421. The third-order valence-electron chi connectivity index (χ3n) is 4.59. The molecule has 1 aliphatic rings. The van der Waals surface area contributed by atoms with Crippen LogP contribution in [0.15, 0.2) is 36.5 Å². The minimum atomic E-state index is -3.35. The molecule has 1 aliphatic heterocycles. The summed E-state index contributed by atoms with van der Waals surface area (Å²) in [6.45, 7) is 2.47. The number of hydrogen-bond acceptors (Lipinski definition) is 5. The molecule has 9 heteroatoms. The van der Waals surface area contributed by atoms with Gasteiger partial charge in [0.2, 0.25) is 10.0 Å². The fourth-order valence-electron chi connectivity index (χ4n) is 2.95. The van der Waals surface area contributed by atoms with Crippen molar-refractivity contribution in [3.63, 3.8) is 0 Å². The van der Waals surface area contributed by atoms with Gasteiger partial charge in [-0.15, -0.1) is 0 Å². The quantitative estimate of drug-likeness (QED) is 0.757. The Bertz CT molecular complexity index is 907. The molecule has 1 aromatic carbocycles. The lowest BCUT2D eigenvalue weighted by molar-refractivity contribution is 0.0180. The van der Waals surface area contributed by atoms with E-state index >= 15 is 0 Å². The molecule has 2 aromatic rings. The molecular weight excluding hydrogens is 390 g/mol. The van der Waals surface area contributed by atoms with Crippen LogP contribution in [-0.2, 0) is 14.8 Å². The molecule has 0 unspecified atom stereocenters. The average molecular weight is 412 g/mol. The Balaban J connectivity index is 1.67. The van der Waals surface area contributed by atoms with E-state index in [0.717, 1.165) is 6.20 Å². The minimum absolute atomic E-state index is 0.00849. The summed E-state index contributed by atoms with van der Waals surface area (Å²) >= 11 is 0. The smallest absolute Gasteiger partial charge is 0.211 e. The molecule has 1 fully saturated rings. The number of rotatable bonds is 7. The number of sulfonamides is 1. The molecule has 152 valence electrons. The molecule has 1 saturated heterocycles. The maximum Gasteiger partial charge on any atom is 0.211 e. The monoisotopic (exact) mass is 412 g/mol. The number of hydrogen-bond donors (Lipinski definition) is 1. The van der Waals surface area contributed by atoms with Crippen molar-refractivity contribution in [2.24, 2.45) is 5.92 Å². The van der Waals surface area contributed by atoms with Gasteiger partial charge in [0.15, 0.2) is 11.6 Å². The van der Waals surface area contributed by atoms with Gasteiger partial charge in [-0.3, -0.25) is 4.98 Å². The molecule has 0 aliphatic carbocycles. The molecule has 2 atom stereocenters. The van der Waals surface area contributed by atoms with Crippen molar-refractivity contribution in [3.8, 4) is 17.0 Å². The van der Waals surface area contributed by atoms with Gasteiger partial charge in [-0.1, -0.05) is 0 Å². The van der Waals surface area contributed by atoms with Crippen molar-refractivity contribution in [1.29, 1.82) is 0 Å². The zero-order chi connectivity index (χ0) is 20.1. The van der Waals surface area contributed by atoms with Crippen LogP contribution in [0.5, 0.6) is 5.75 Å². The Morgan fingerprint density at radius 3 is 2.79 bits per heavy atom. The van der Waals surface area contributed by atoms with Crippen LogP contribution in [0.4, 0.5) is 8.78 Å². The standard InChI is InChI=1S/C19H22F2N2O4S/c1-2-28(24,25)23-18-7-8-26-11-14(18)12-27-19-6-3-13(9-16(19)21)17-5-4-15(20)10-22-17/h3-6,9-10,14,18,23H,2,7-8,11-12H2,1H3/t14-,18+/m1/s1. The highest BCUT2D eigenvalue weighted by atomic mass is 32.2. The molecule has 0 spiro atoms. The van der Waals surface area contributed by atoms with Gasteiger partial charge in [0, 0.05) is 24.1 Å². The van der Waals surface area contributed by atoms with Gasteiger partial charge in [-0.2, -0.15) is 0 Å². The number of nitrogens with zero attached hydrogens (tertiary/aromatic N) is 1. The van der Waals surface area contributed by atoms with Crippen LogP contribution in [-0.4, -0.2) is 45.0 Å². The third-order valence-corrected chi connectivity index (χ3v) is 6.02. The van der Waals surface area contributed by atoms with Crippen LogP contribution in [0.1, 0.15) is 13.3 Å². The maximum atomic E-state index is 14.4. The molecular formula is C19H22F2N2O4S. The first-order valence-electron chi connectivity index (χ1n) is 9.00. The van der Waals surface area contributed by atoms with Gasteiger partial charge in [0.25, 0.3) is 0 Å². The van der Waals surface area contributed by atoms with E-state index in [1.807, 2.05) is 0 Å². The van der Waals surface area contributed by atoms with E-state index in [2.05, 4.69) is 9.71 Å². The van der Waals surface area contributed by atoms with Crippen molar-refractivity contribution in [2.45, 2.75) is 19.4 Å². The summed E-state index contributed by atoms with van der Waals surface area (Å²) in [5, 5.41) is 0. The van der Waals surface area contributed by atoms with Gasteiger partial charge in [-0.05, 0) is 43.7 Å². The highest BCUT2D eigenvalue weighted by Crippen LogP contribution is 2.26. The first-order chi connectivity index (χ1) is 13.4. The van der Waals surface area contributed by atoms with Crippen LogP contribution in [0.2, 0.25) is 0 Å². The van der Waals surface area contributed by atoms with Gasteiger partial charge >= 0.3 is 0 Å². The highest BCUT2D eigenvalue weighted by molar-refractivity contribution is 7.89. The lowest BCUT2D eigenvalue weighted by Crippen LogP contribution is -2.48. The lowest BCUT2D eigenvalue weighted by Gasteiger charge is -2.31. The average Bonchev–Trinajstić information content (AvgIpc) is 2.68. The Kier molecular flexibility index (Phi) is 6.58. The number of ether oxygens (including phenoxy) is 2. The van der Waals surface area contributed by atoms with Crippen LogP contribution in [0, 0.1) is 17.6 Å². The van der Waals surface area contributed by atoms with Gasteiger partial charge in [-0.25, -0.2) is 21.9 Å². The van der Waals surface area contributed by atoms with Crippen LogP contribution in [0.25, 0.3) is 11.3 Å². The Morgan fingerprint density at radius 1 is 1.29 bits per heavy atom. The van der Waals surface area contributed by atoms with E-state index in [4.69, 9.17) is 9.47 Å². The molecule has 6 nitrogen and oxygen atoms in total. The second-order valence-corrected chi connectivity index (χ2v) is 8.61. The van der Waals surface area contributed by atoms with Gasteiger partial charge in [0.1, 0.15) is 5.82 Å². The molecule has 1 N–H and O–H groups in total. The fourth-order valence-corrected chi connectivity index (χ4v) is 3.89. The van der Waals surface area contributed by atoms with Gasteiger partial charge in [0.05, 0.1) is 30.9 Å². The molecule has 2 heterocycles. The van der Waals surface area contributed by atoms with Crippen LogP contribution in [0.3, 0.4) is 0 Å². The van der Waals surface area contributed by atoms with E-state index < -0.39 is 21.7 Å². The van der Waals surface area contributed by atoms with E-state index in [1.54, 1.807) is 13.0 Å². The number of halogens is 2. The minimum Gasteiger partial charge on any atom is -0.490 e. The Morgan fingerprint density at radius 2 is 2.11 bits per heavy atom. The second kappa shape index (κ2) is 8.93. The predicted molar refractivity (Wildman–Crippen MR) is 100 cm³/mol. The van der Waals surface area contributed by atoms with Crippen molar-refractivity contribution in [1.82, 2.24) is 9.71 Å². The normalized spacial score (nSPS) is 20.1. The third kappa shape index (κ3) is 5.24. The summed E-state index contributed by atoms with van der Waals surface area (Å²) in [6, 6.07) is 6.78. The van der Waals surface area contributed by atoms with Crippen LogP contribution < -0.4 is 9.46 Å². The number of aromatic nitrogens is 1. The van der Waals surface area contributed by atoms with E-state index in [9.17, 15) is 17.2 Å². The number of pyridine rings is 1.